The second-order valence-electron chi connectivity index (χ2n) is 4.43. The van der Waals surface area contributed by atoms with Gasteiger partial charge in [-0.2, -0.15) is 0 Å². The predicted molar refractivity (Wildman–Crippen MR) is 67.2 cm³/mol. The van der Waals surface area contributed by atoms with Crippen LogP contribution in [-0.2, 0) is 16.0 Å². The van der Waals surface area contributed by atoms with Gasteiger partial charge in [-0.25, -0.2) is 0 Å². The molecule has 1 aromatic heterocycles. The van der Waals surface area contributed by atoms with Gasteiger partial charge in [0.2, 0.25) is 5.91 Å². The highest BCUT2D eigenvalue weighted by Crippen LogP contribution is 2.13. The topological polar surface area (TPSA) is 63.5 Å². The minimum atomic E-state index is -0.0819. The molecule has 2 heterocycles. The Labute approximate surface area is 107 Å². The standard InChI is InChI=1S/C13H20N2O3/c1-2-14-12-9-17-8-11(12)13(16)15-6-5-10-4-3-7-18-10/h3-4,7,11-12,14H,2,5-6,8-9H2,1H3,(H,15,16). The summed E-state index contributed by atoms with van der Waals surface area (Å²) in [5.41, 5.74) is 0. The van der Waals surface area contributed by atoms with E-state index in [1.165, 1.54) is 0 Å². The Balaban J connectivity index is 1.73. The number of carbonyl (C=O) groups is 1. The number of furan rings is 1. The van der Waals surface area contributed by atoms with Crippen molar-refractivity contribution in [3.63, 3.8) is 0 Å². The van der Waals surface area contributed by atoms with E-state index < -0.39 is 0 Å². The van der Waals surface area contributed by atoms with Gasteiger partial charge < -0.3 is 19.8 Å². The molecule has 2 unspecified atom stereocenters. The third kappa shape index (κ3) is 3.34. The molecule has 1 saturated heterocycles. The zero-order valence-electron chi connectivity index (χ0n) is 10.6. The van der Waals surface area contributed by atoms with E-state index in [4.69, 9.17) is 9.15 Å². The summed E-state index contributed by atoms with van der Waals surface area (Å²) in [5.74, 6) is 0.868. The summed E-state index contributed by atoms with van der Waals surface area (Å²) in [6.45, 7) is 4.60. The summed E-state index contributed by atoms with van der Waals surface area (Å²) < 4.78 is 10.6. The molecule has 1 aromatic rings. The van der Waals surface area contributed by atoms with Crippen molar-refractivity contribution in [3.05, 3.63) is 24.2 Å². The van der Waals surface area contributed by atoms with Crippen LogP contribution in [0.5, 0.6) is 0 Å². The molecule has 0 aromatic carbocycles. The highest BCUT2D eigenvalue weighted by atomic mass is 16.5. The first-order chi connectivity index (χ1) is 8.81. The Kier molecular flexibility index (Phi) is 4.78. The summed E-state index contributed by atoms with van der Waals surface area (Å²) in [5, 5.41) is 6.21. The normalized spacial score (nSPS) is 23.2. The summed E-state index contributed by atoms with van der Waals surface area (Å²) in [4.78, 5) is 12.0. The van der Waals surface area contributed by atoms with E-state index in [2.05, 4.69) is 10.6 Å². The molecule has 2 rings (SSSR count). The van der Waals surface area contributed by atoms with Crippen molar-refractivity contribution in [2.45, 2.75) is 19.4 Å². The Morgan fingerprint density at radius 2 is 2.39 bits per heavy atom. The number of amides is 1. The molecule has 2 atom stereocenters. The minimum Gasteiger partial charge on any atom is -0.469 e. The quantitative estimate of drug-likeness (QED) is 0.776. The first-order valence-electron chi connectivity index (χ1n) is 6.42. The zero-order valence-corrected chi connectivity index (χ0v) is 10.6. The molecule has 1 aliphatic heterocycles. The van der Waals surface area contributed by atoms with Crippen LogP contribution in [0.15, 0.2) is 22.8 Å². The Hall–Kier alpha value is -1.33. The molecule has 0 bridgehead atoms. The number of rotatable bonds is 6. The highest BCUT2D eigenvalue weighted by Gasteiger charge is 2.33. The molecule has 100 valence electrons. The maximum atomic E-state index is 12.0. The molecule has 0 radical (unpaired) electrons. The molecular formula is C13H20N2O3. The van der Waals surface area contributed by atoms with Crippen molar-refractivity contribution in [2.75, 3.05) is 26.3 Å². The van der Waals surface area contributed by atoms with Crippen LogP contribution in [0.3, 0.4) is 0 Å². The number of likely N-dealkylation sites (N-methyl/N-ethyl adjacent to an activating group) is 1. The van der Waals surface area contributed by atoms with Gasteiger partial charge in [-0.15, -0.1) is 0 Å². The highest BCUT2D eigenvalue weighted by molar-refractivity contribution is 5.79. The van der Waals surface area contributed by atoms with Crippen LogP contribution in [0.1, 0.15) is 12.7 Å². The van der Waals surface area contributed by atoms with Gasteiger partial charge in [0, 0.05) is 19.0 Å². The summed E-state index contributed by atoms with van der Waals surface area (Å²) in [7, 11) is 0. The fraction of sp³-hybridized carbons (Fsp3) is 0.615. The van der Waals surface area contributed by atoms with Crippen LogP contribution in [-0.4, -0.2) is 38.3 Å². The molecule has 0 aliphatic carbocycles. The van der Waals surface area contributed by atoms with Gasteiger partial charge in [0.25, 0.3) is 0 Å². The van der Waals surface area contributed by atoms with Gasteiger partial charge in [0.15, 0.2) is 0 Å². The molecule has 5 heteroatoms. The molecule has 0 spiro atoms. The van der Waals surface area contributed by atoms with Crippen LogP contribution >= 0.6 is 0 Å². The van der Waals surface area contributed by atoms with Crippen molar-refractivity contribution < 1.29 is 13.9 Å². The lowest BCUT2D eigenvalue weighted by Crippen LogP contribution is -2.44. The monoisotopic (exact) mass is 252 g/mol. The third-order valence-corrected chi connectivity index (χ3v) is 3.13. The largest absolute Gasteiger partial charge is 0.469 e. The van der Waals surface area contributed by atoms with Crippen molar-refractivity contribution >= 4 is 5.91 Å². The predicted octanol–water partition coefficient (Wildman–Crippen LogP) is 0.563. The smallest absolute Gasteiger partial charge is 0.227 e. The van der Waals surface area contributed by atoms with E-state index in [1.54, 1.807) is 6.26 Å². The van der Waals surface area contributed by atoms with Gasteiger partial charge in [-0.1, -0.05) is 6.92 Å². The molecule has 1 fully saturated rings. The third-order valence-electron chi connectivity index (χ3n) is 3.13. The summed E-state index contributed by atoms with van der Waals surface area (Å²) in [6, 6.07) is 3.90. The molecule has 1 aliphatic rings. The van der Waals surface area contributed by atoms with Crippen LogP contribution < -0.4 is 10.6 Å². The summed E-state index contributed by atoms with van der Waals surface area (Å²) in [6.07, 6.45) is 2.36. The van der Waals surface area contributed by atoms with Gasteiger partial charge in [-0.05, 0) is 18.7 Å². The van der Waals surface area contributed by atoms with Crippen LogP contribution in [0, 0.1) is 5.92 Å². The lowest BCUT2D eigenvalue weighted by Gasteiger charge is -2.17. The number of hydrogen-bond donors (Lipinski definition) is 2. The first kappa shape index (κ1) is 13.1. The number of nitrogens with one attached hydrogen (secondary N) is 2. The van der Waals surface area contributed by atoms with Gasteiger partial charge in [-0.3, -0.25) is 4.79 Å². The fourth-order valence-corrected chi connectivity index (χ4v) is 2.17. The second kappa shape index (κ2) is 6.56. The van der Waals surface area contributed by atoms with E-state index in [1.807, 2.05) is 19.1 Å². The van der Waals surface area contributed by atoms with Gasteiger partial charge in [0.1, 0.15) is 5.76 Å². The molecule has 0 saturated carbocycles. The Bertz CT molecular complexity index is 364. The van der Waals surface area contributed by atoms with Crippen LogP contribution in [0.25, 0.3) is 0 Å². The molecule has 1 amide bonds. The van der Waals surface area contributed by atoms with E-state index >= 15 is 0 Å². The van der Waals surface area contributed by atoms with Crippen LogP contribution in [0.2, 0.25) is 0 Å². The van der Waals surface area contributed by atoms with Crippen LogP contribution in [0.4, 0.5) is 0 Å². The molecular weight excluding hydrogens is 232 g/mol. The van der Waals surface area contributed by atoms with E-state index in [0.717, 1.165) is 18.7 Å². The fourth-order valence-electron chi connectivity index (χ4n) is 2.17. The van der Waals surface area contributed by atoms with E-state index in [9.17, 15) is 4.79 Å². The Morgan fingerprint density at radius 3 is 3.11 bits per heavy atom. The number of carbonyl (C=O) groups excluding carboxylic acids is 1. The SMILES string of the molecule is CCNC1COCC1C(=O)NCCc1ccco1. The minimum absolute atomic E-state index is 0.0602. The van der Waals surface area contributed by atoms with Gasteiger partial charge >= 0.3 is 0 Å². The lowest BCUT2D eigenvalue weighted by molar-refractivity contribution is -0.125. The zero-order chi connectivity index (χ0) is 12.8. The van der Waals surface area contributed by atoms with Crippen molar-refractivity contribution in [1.82, 2.24) is 10.6 Å². The molecule has 18 heavy (non-hydrogen) atoms. The maximum Gasteiger partial charge on any atom is 0.227 e. The maximum absolute atomic E-state index is 12.0. The number of ether oxygens (including phenoxy) is 1. The van der Waals surface area contributed by atoms with E-state index in [0.29, 0.717) is 19.8 Å². The molecule has 2 N–H and O–H groups in total. The van der Waals surface area contributed by atoms with Crippen molar-refractivity contribution in [1.29, 1.82) is 0 Å². The average Bonchev–Trinajstić information content (AvgIpc) is 3.00. The van der Waals surface area contributed by atoms with Crippen molar-refractivity contribution in [2.24, 2.45) is 5.92 Å². The van der Waals surface area contributed by atoms with Gasteiger partial charge in [0.05, 0.1) is 25.4 Å². The Morgan fingerprint density at radius 1 is 1.50 bits per heavy atom. The average molecular weight is 252 g/mol. The lowest BCUT2D eigenvalue weighted by atomic mass is 10.0. The summed E-state index contributed by atoms with van der Waals surface area (Å²) >= 11 is 0. The van der Waals surface area contributed by atoms with Crippen molar-refractivity contribution in [3.8, 4) is 0 Å². The number of hydrogen-bond acceptors (Lipinski definition) is 4. The molecule has 5 nitrogen and oxygen atoms in total. The second-order valence-corrected chi connectivity index (χ2v) is 4.43. The van der Waals surface area contributed by atoms with E-state index in [-0.39, 0.29) is 17.9 Å². The first-order valence-corrected chi connectivity index (χ1v) is 6.42.